The lowest BCUT2D eigenvalue weighted by atomic mass is 9.92. The number of hydrogen-bond acceptors (Lipinski definition) is 13. The van der Waals surface area contributed by atoms with Crippen LogP contribution in [0.5, 0.6) is 5.75 Å². The number of carboxylic acid groups (broad SMARTS) is 1. The minimum atomic E-state index is -1.13. The van der Waals surface area contributed by atoms with Crippen molar-refractivity contribution in [2.75, 3.05) is 68.0 Å². The molecular weight excluding hydrogens is 909 g/mol. The number of piperazine rings is 1. The summed E-state index contributed by atoms with van der Waals surface area (Å²) in [4.78, 5) is 79.7. The molecule has 4 N–H and O–H groups in total. The van der Waals surface area contributed by atoms with Crippen LogP contribution in [0.15, 0.2) is 91.0 Å². The molecule has 17 nitrogen and oxygen atoms in total. The molecule has 2 saturated heterocycles. The zero-order valence-corrected chi connectivity index (χ0v) is 39.7. The Hall–Kier alpha value is -7.54. The van der Waals surface area contributed by atoms with Gasteiger partial charge in [0.05, 0.1) is 46.2 Å². The monoisotopic (exact) mass is 960 g/mol. The Morgan fingerprint density at radius 3 is 2.47 bits per heavy atom. The van der Waals surface area contributed by atoms with Gasteiger partial charge in [-0.05, 0) is 97.0 Å². The SMILES string of the molecule is Cc1cc(OCCCN2CCN(CC(=O)Nc3cccc4c(C5CCC(=O)NC5=O)nn(C)c34)CC2)ccc1-c1ccc(N2CCc3cccc(C(=O)Nc4nc5ccccc5s4)c3C2)nc1C(=O)O. The number of carbonyl (C=O) groups is 5. The summed E-state index contributed by atoms with van der Waals surface area (Å²) in [5.41, 5.74) is 7.36. The molecule has 2 fully saturated rings. The highest BCUT2D eigenvalue weighted by molar-refractivity contribution is 7.22. The quantitative estimate of drug-likeness (QED) is 0.0670. The number of carbonyl (C=O) groups excluding carboxylic acids is 4. The number of amides is 4. The Bertz CT molecular complexity index is 3160. The smallest absolute Gasteiger partial charge is 0.355 e. The largest absolute Gasteiger partial charge is 0.494 e. The van der Waals surface area contributed by atoms with E-state index in [1.54, 1.807) is 11.7 Å². The number of para-hydroxylation sites is 2. The molecule has 70 heavy (non-hydrogen) atoms. The number of thiazole rings is 1. The van der Waals surface area contributed by atoms with Crippen molar-refractivity contribution in [3.8, 4) is 16.9 Å². The molecule has 1 atom stereocenters. The van der Waals surface area contributed by atoms with E-state index in [0.29, 0.717) is 71.7 Å². The molecule has 358 valence electrons. The van der Waals surface area contributed by atoms with Crippen LogP contribution >= 0.6 is 11.3 Å². The van der Waals surface area contributed by atoms with Crippen molar-refractivity contribution in [2.45, 2.75) is 45.1 Å². The Morgan fingerprint density at radius 1 is 0.871 bits per heavy atom. The number of benzene rings is 4. The lowest BCUT2D eigenvalue weighted by Crippen LogP contribution is -2.48. The van der Waals surface area contributed by atoms with Gasteiger partial charge >= 0.3 is 5.97 Å². The lowest BCUT2D eigenvalue weighted by molar-refractivity contribution is -0.134. The van der Waals surface area contributed by atoms with E-state index in [4.69, 9.17) is 4.74 Å². The molecule has 10 rings (SSSR count). The number of nitrogens with one attached hydrogen (secondary N) is 3. The topological polar surface area (TPSA) is 204 Å². The molecule has 0 radical (unpaired) electrons. The van der Waals surface area contributed by atoms with Crippen molar-refractivity contribution < 1.29 is 33.8 Å². The Balaban J connectivity index is 0.701. The number of aromatic nitrogens is 4. The highest BCUT2D eigenvalue weighted by Crippen LogP contribution is 2.35. The number of nitrogens with zero attached hydrogens (tertiary/aromatic N) is 7. The standard InChI is InChI=1S/C52H52N10O7S/c1-31-28-33(69-27-7-21-60-23-25-61(26-24-60)30-45(64)53-41-12-6-10-37-46(58-59(2)48(37)41)38-17-19-44(63)56-50(38)66)14-15-34(31)35-16-18-43(55-47(35)51(67)68)62-22-20-32-8-5-9-36(39(32)29-62)49(65)57-52-54-40-11-3-4-13-42(40)70-52/h3-6,8-16,18,28,38H,7,17,19-27,29-30H2,1-2H3,(H,53,64)(H,67,68)(H,54,57,65)(H,56,63,66). The van der Waals surface area contributed by atoms with Crippen molar-refractivity contribution in [3.05, 3.63) is 125 Å². The highest BCUT2D eigenvalue weighted by Gasteiger charge is 2.32. The van der Waals surface area contributed by atoms with Crippen molar-refractivity contribution in [3.63, 3.8) is 0 Å². The first-order chi connectivity index (χ1) is 33.9. The molecule has 0 spiro atoms. The minimum Gasteiger partial charge on any atom is -0.494 e. The number of carboxylic acids is 1. The molecule has 18 heteroatoms. The molecule has 0 saturated carbocycles. The lowest BCUT2D eigenvalue weighted by Gasteiger charge is -2.34. The Morgan fingerprint density at radius 2 is 1.67 bits per heavy atom. The summed E-state index contributed by atoms with van der Waals surface area (Å²) >= 11 is 1.42. The van der Waals surface area contributed by atoms with Gasteiger partial charge in [0.1, 0.15) is 11.6 Å². The van der Waals surface area contributed by atoms with Crippen LogP contribution in [0.2, 0.25) is 0 Å². The predicted octanol–water partition coefficient (Wildman–Crippen LogP) is 6.61. The Kier molecular flexibility index (Phi) is 13.1. The van der Waals surface area contributed by atoms with Crippen molar-refractivity contribution in [2.24, 2.45) is 7.05 Å². The predicted molar refractivity (Wildman–Crippen MR) is 268 cm³/mol. The van der Waals surface area contributed by atoms with Gasteiger partial charge in [-0.2, -0.15) is 5.10 Å². The first-order valence-electron chi connectivity index (χ1n) is 23.5. The number of fused-ring (bicyclic) bond motifs is 3. The molecular formula is C52H52N10O7S. The van der Waals surface area contributed by atoms with Gasteiger partial charge in [0, 0.05) is 75.8 Å². The van der Waals surface area contributed by atoms with Crippen LogP contribution in [0.3, 0.4) is 0 Å². The van der Waals surface area contributed by atoms with Crippen LogP contribution in [-0.2, 0) is 34.4 Å². The second-order valence-electron chi connectivity index (χ2n) is 18.0. The van der Waals surface area contributed by atoms with E-state index >= 15 is 0 Å². The molecule has 0 aliphatic carbocycles. The first-order valence-corrected chi connectivity index (χ1v) is 24.3. The van der Waals surface area contributed by atoms with Crippen LogP contribution in [-0.4, -0.2) is 117 Å². The number of aryl methyl sites for hydroxylation is 2. The summed E-state index contributed by atoms with van der Waals surface area (Å²) in [7, 11) is 1.79. The minimum absolute atomic E-state index is 0.0490. The normalized spacial score (nSPS) is 16.5. The molecule has 4 aromatic carbocycles. The van der Waals surface area contributed by atoms with Crippen molar-refractivity contribution in [1.82, 2.24) is 34.9 Å². The third kappa shape index (κ3) is 9.70. The van der Waals surface area contributed by atoms with E-state index in [0.717, 1.165) is 82.5 Å². The summed E-state index contributed by atoms with van der Waals surface area (Å²) < 4.78 is 8.83. The van der Waals surface area contributed by atoms with Gasteiger partial charge in [0.2, 0.25) is 17.7 Å². The summed E-state index contributed by atoms with van der Waals surface area (Å²) in [5, 5.41) is 24.8. The van der Waals surface area contributed by atoms with Gasteiger partial charge in [-0.1, -0.05) is 53.8 Å². The zero-order chi connectivity index (χ0) is 48.5. The van der Waals surface area contributed by atoms with Gasteiger partial charge < -0.3 is 25.0 Å². The maximum atomic E-state index is 13.6. The van der Waals surface area contributed by atoms with Crippen molar-refractivity contribution >= 4 is 78.7 Å². The van der Waals surface area contributed by atoms with Crippen LogP contribution in [0.1, 0.15) is 68.4 Å². The molecule has 6 heterocycles. The number of imide groups is 1. The first kappa shape index (κ1) is 46.2. The number of rotatable bonds is 14. The fourth-order valence-corrected chi connectivity index (χ4v) is 10.7. The Labute approximate surface area is 407 Å². The number of aromatic carboxylic acids is 1. The molecule has 1 unspecified atom stereocenters. The van der Waals surface area contributed by atoms with E-state index in [-0.39, 0.29) is 42.3 Å². The van der Waals surface area contributed by atoms with Gasteiger partial charge in [0.15, 0.2) is 10.8 Å². The van der Waals surface area contributed by atoms with Gasteiger partial charge in [-0.15, -0.1) is 0 Å². The van der Waals surface area contributed by atoms with Crippen molar-refractivity contribution in [1.29, 1.82) is 0 Å². The average Bonchev–Trinajstić information content (AvgIpc) is 3.93. The van der Waals surface area contributed by atoms with Crippen LogP contribution in [0.4, 0.5) is 16.6 Å². The maximum Gasteiger partial charge on any atom is 0.355 e. The number of piperidine rings is 1. The molecule has 0 bridgehead atoms. The summed E-state index contributed by atoms with van der Waals surface area (Å²) in [6, 6.07) is 28.4. The second-order valence-corrected chi connectivity index (χ2v) is 19.0. The van der Waals surface area contributed by atoms with E-state index < -0.39 is 11.9 Å². The third-order valence-corrected chi connectivity index (χ3v) is 14.3. The molecule has 7 aromatic rings. The maximum absolute atomic E-state index is 13.6. The highest BCUT2D eigenvalue weighted by atomic mass is 32.1. The fourth-order valence-electron chi connectivity index (χ4n) is 9.83. The molecule has 4 amide bonds. The number of anilines is 3. The fraction of sp³-hybridized carbons (Fsp3) is 0.308. The molecule has 3 aliphatic rings. The number of pyridine rings is 1. The van der Waals surface area contributed by atoms with Crippen LogP contribution in [0.25, 0.3) is 32.2 Å². The van der Waals surface area contributed by atoms with E-state index in [1.165, 1.54) is 11.3 Å². The average molecular weight is 961 g/mol. The summed E-state index contributed by atoms with van der Waals surface area (Å²) in [6.07, 6.45) is 2.14. The van der Waals surface area contributed by atoms with E-state index in [1.807, 2.05) is 103 Å². The summed E-state index contributed by atoms with van der Waals surface area (Å²) in [6.45, 7) is 7.68. The molecule has 3 aliphatic heterocycles. The van der Waals surface area contributed by atoms with Crippen LogP contribution in [0, 0.1) is 6.92 Å². The van der Waals surface area contributed by atoms with Gasteiger partial charge in [-0.25, -0.2) is 14.8 Å². The number of hydrogen-bond donors (Lipinski definition) is 4. The van der Waals surface area contributed by atoms with E-state index in [2.05, 4.69) is 40.8 Å². The zero-order valence-electron chi connectivity index (χ0n) is 38.9. The van der Waals surface area contributed by atoms with E-state index in [9.17, 15) is 29.1 Å². The number of ether oxygens (including phenoxy) is 1. The van der Waals surface area contributed by atoms with Gasteiger partial charge in [0.25, 0.3) is 5.91 Å². The van der Waals surface area contributed by atoms with Gasteiger partial charge in [-0.3, -0.25) is 39.4 Å². The third-order valence-electron chi connectivity index (χ3n) is 13.4. The summed E-state index contributed by atoms with van der Waals surface area (Å²) in [5.74, 6) is -1.43. The second kappa shape index (κ2) is 19.8. The van der Waals surface area contributed by atoms with Crippen LogP contribution < -0.4 is 25.6 Å². The molecule has 3 aromatic heterocycles.